The third-order valence-electron chi connectivity index (χ3n) is 5.12. The van der Waals surface area contributed by atoms with E-state index in [9.17, 15) is 13.2 Å². The molecular weight excluding hydrogens is 361 g/mol. The van der Waals surface area contributed by atoms with Crippen molar-refractivity contribution in [1.29, 1.82) is 0 Å². The van der Waals surface area contributed by atoms with Crippen LogP contribution in [0.3, 0.4) is 0 Å². The fraction of sp³-hybridized carbons (Fsp3) is 0.174. The Balaban J connectivity index is 1.74. The Kier molecular flexibility index (Phi) is 4.67. The molecule has 0 aliphatic carbocycles. The Bertz CT molecular complexity index is 1030. The lowest BCUT2D eigenvalue weighted by Gasteiger charge is -2.30. The molecule has 0 aromatic heterocycles. The topological polar surface area (TPSA) is 24.4 Å². The number of rotatable bonds is 4. The summed E-state index contributed by atoms with van der Waals surface area (Å²) in [5.41, 5.74) is 1.51. The molecule has 142 valence electrons. The molecule has 0 saturated heterocycles. The normalized spacial score (nSPS) is 21.3. The average Bonchev–Trinajstić information content (AvgIpc) is 3.01. The summed E-state index contributed by atoms with van der Waals surface area (Å²) in [6.07, 6.45) is 0.469. The number of amidine groups is 1. The first kappa shape index (κ1) is 18.3. The zero-order chi connectivity index (χ0) is 19.7. The van der Waals surface area contributed by atoms with Crippen LogP contribution < -0.4 is 5.32 Å². The molecule has 2 unspecified atom stereocenters. The molecule has 1 N–H and O–H groups in total. The SMILES string of the molecule is CC1(c2cccc(F)c2)N=C(Cc2ccc(F)cc2)NC1c1cccc(F)c1. The minimum atomic E-state index is -0.814. The minimum Gasteiger partial charge on any atom is -0.364 e. The van der Waals surface area contributed by atoms with Gasteiger partial charge in [-0.1, -0.05) is 36.4 Å². The lowest BCUT2D eigenvalue weighted by molar-refractivity contribution is 0.402. The summed E-state index contributed by atoms with van der Waals surface area (Å²) in [5, 5.41) is 3.37. The zero-order valence-electron chi connectivity index (χ0n) is 15.3. The second kappa shape index (κ2) is 7.15. The van der Waals surface area contributed by atoms with E-state index in [1.165, 1.54) is 36.4 Å². The van der Waals surface area contributed by atoms with Crippen molar-refractivity contribution in [2.75, 3.05) is 0 Å². The van der Waals surface area contributed by atoms with Gasteiger partial charge in [0.15, 0.2) is 0 Å². The van der Waals surface area contributed by atoms with Crippen molar-refractivity contribution in [2.24, 2.45) is 4.99 Å². The third-order valence-corrected chi connectivity index (χ3v) is 5.12. The number of nitrogens with zero attached hydrogens (tertiary/aromatic N) is 1. The first-order valence-corrected chi connectivity index (χ1v) is 9.05. The van der Waals surface area contributed by atoms with Crippen LogP contribution in [0.25, 0.3) is 0 Å². The van der Waals surface area contributed by atoms with Crippen molar-refractivity contribution in [3.05, 3.63) is 107 Å². The largest absolute Gasteiger partial charge is 0.364 e. The van der Waals surface area contributed by atoms with Crippen molar-refractivity contribution in [3.63, 3.8) is 0 Å². The second-order valence-electron chi connectivity index (χ2n) is 7.15. The molecule has 0 amide bonds. The van der Waals surface area contributed by atoms with Gasteiger partial charge in [-0.15, -0.1) is 0 Å². The Labute approximate surface area is 161 Å². The van der Waals surface area contributed by atoms with Crippen LogP contribution in [0.4, 0.5) is 13.2 Å². The molecule has 1 aliphatic heterocycles. The van der Waals surface area contributed by atoms with Crippen molar-refractivity contribution in [2.45, 2.75) is 24.9 Å². The molecule has 1 heterocycles. The molecule has 2 nitrogen and oxygen atoms in total. The Morgan fingerprint density at radius 1 is 0.857 bits per heavy atom. The maximum Gasteiger partial charge on any atom is 0.123 e. The van der Waals surface area contributed by atoms with E-state index in [-0.39, 0.29) is 23.5 Å². The minimum absolute atomic E-state index is 0.299. The Hall–Kier alpha value is -3.08. The van der Waals surface area contributed by atoms with Crippen LogP contribution in [0.2, 0.25) is 0 Å². The lowest BCUT2D eigenvalue weighted by atomic mass is 9.82. The molecule has 2 atom stereocenters. The predicted molar refractivity (Wildman–Crippen MR) is 104 cm³/mol. The highest BCUT2D eigenvalue weighted by molar-refractivity contribution is 5.87. The van der Waals surface area contributed by atoms with E-state index in [1.807, 2.05) is 19.1 Å². The Morgan fingerprint density at radius 3 is 2.21 bits per heavy atom. The monoisotopic (exact) mass is 380 g/mol. The number of benzene rings is 3. The first-order chi connectivity index (χ1) is 13.4. The number of aliphatic imine (C=N–C) groups is 1. The molecular formula is C23H19F3N2. The van der Waals surface area contributed by atoms with Crippen molar-refractivity contribution in [3.8, 4) is 0 Å². The van der Waals surface area contributed by atoms with Gasteiger partial charge in [0.2, 0.25) is 0 Å². The molecule has 0 bridgehead atoms. The molecule has 0 spiro atoms. The van der Waals surface area contributed by atoms with E-state index in [4.69, 9.17) is 4.99 Å². The van der Waals surface area contributed by atoms with Crippen molar-refractivity contribution in [1.82, 2.24) is 5.32 Å². The van der Waals surface area contributed by atoms with Crippen molar-refractivity contribution >= 4 is 5.84 Å². The molecule has 1 aliphatic rings. The van der Waals surface area contributed by atoms with E-state index in [2.05, 4.69) is 5.32 Å². The highest BCUT2D eigenvalue weighted by Gasteiger charge is 2.42. The van der Waals surface area contributed by atoms with Crippen molar-refractivity contribution < 1.29 is 13.2 Å². The molecule has 0 fully saturated rings. The summed E-state index contributed by atoms with van der Waals surface area (Å²) < 4.78 is 40.9. The molecule has 0 saturated carbocycles. The standard InChI is InChI=1S/C23H19F3N2/c1-23(17-5-3-7-20(26)14-17)22(16-4-2-6-19(25)13-16)27-21(28-23)12-15-8-10-18(24)11-9-15/h2-11,13-14,22H,12H2,1H3,(H,27,28). The summed E-state index contributed by atoms with van der Waals surface area (Å²) in [7, 11) is 0. The van der Waals surface area contributed by atoms with Gasteiger partial charge in [0.1, 0.15) is 28.8 Å². The van der Waals surface area contributed by atoms with Gasteiger partial charge in [0.25, 0.3) is 0 Å². The average molecular weight is 380 g/mol. The summed E-state index contributed by atoms with van der Waals surface area (Å²) in [6.45, 7) is 1.90. The van der Waals surface area contributed by atoms with Crippen LogP contribution >= 0.6 is 0 Å². The van der Waals surface area contributed by atoms with E-state index in [1.54, 1.807) is 24.3 Å². The van der Waals surface area contributed by atoms with E-state index in [0.717, 1.165) is 11.1 Å². The zero-order valence-corrected chi connectivity index (χ0v) is 15.3. The van der Waals surface area contributed by atoms with Crippen LogP contribution in [0.5, 0.6) is 0 Å². The molecule has 4 rings (SSSR count). The molecule has 28 heavy (non-hydrogen) atoms. The van der Waals surface area contributed by atoms with Gasteiger partial charge in [0.05, 0.1) is 6.04 Å². The van der Waals surface area contributed by atoms with Gasteiger partial charge in [-0.05, 0) is 60.0 Å². The van der Waals surface area contributed by atoms with Crippen LogP contribution in [-0.2, 0) is 12.0 Å². The number of halogens is 3. The van der Waals surface area contributed by atoms with E-state index < -0.39 is 5.54 Å². The van der Waals surface area contributed by atoms with Crippen LogP contribution in [0.1, 0.15) is 29.7 Å². The summed E-state index contributed by atoms with van der Waals surface area (Å²) >= 11 is 0. The third kappa shape index (κ3) is 3.52. The molecule has 0 radical (unpaired) electrons. The summed E-state index contributed by atoms with van der Waals surface area (Å²) in [5.74, 6) is -0.299. The van der Waals surface area contributed by atoms with E-state index >= 15 is 0 Å². The maximum atomic E-state index is 13.9. The second-order valence-corrected chi connectivity index (χ2v) is 7.15. The van der Waals surface area contributed by atoms with Crippen LogP contribution in [0, 0.1) is 17.5 Å². The molecule has 5 heteroatoms. The lowest BCUT2D eigenvalue weighted by Crippen LogP contribution is -2.33. The maximum absolute atomic E-state index is 13.9. The number of hydrogen-bond donors (Lipinski definition) is 1. The van der Waals surface area contributed by atoms with Gasteiger partial charge in [-0.25, -0.2) is 13.2 Å². The first-order valence-electron chi connectivity index (χ1n) is 9.05. The highest BCUT2D eigenvalue weighted by atomic mass is 19.1. The highest BCUT2D eigenvalue weighted by Crippen LogP contribution is 2.42. The van der Waals surface area contributed by atoms with Crippen LogP contribution in [-0.4, -0.2) is 5.84 Å². The number of nitrogens with one attached hydrogen (secondary N) is 1. The van der Waals surface area contributed by atoms with Gasteiger partial charge in [-0.3, -0.25) is 4.99 Å². The fourth-order valence-electron chi connectivity index (χ4n) is 3.70. The van der Waals surface area contributed by atoms with Gasteiger partial charge < -0.3 is 5.32 Å². The molecule has 3 aromatic rings. The van der Waals surface area contributed by atoms with E-state index in [0.29, 0.717) is 17.8 Å². The van der Waals surface area contributed by atoms with Gasteiger partial charge in [0, 0.05) is 6.42 Å². The Morgan fingerprint density at radius 2 is 1.54 bits per heavy atom. The van der Waals surface area contributed by atoms with Gasteiger partial charge >= 0.3 is 0 Å². The molecule has 3 aromatic carbocycles. The number of hydrogen-bond acceptors (Lipinski definition) is 2. The summed E-state index contributed by atoms with van der Waals surface area (Å²) in [4.78, 5) is 4.86. The van der Waals surface area contributed by atoms with Crippen LogP contribution in [0.15, 0.2) is 77.8 Å². The smallest absolute Gasteiger partial charge is 0.123 e. The van der Waals surface area contributed by atoms with Gasteiger partial charge in [-0.2, -0.15) is 0 Å². The fourth-order valence-corrected chi connectivity index (χ4v) is 3.70. The quantitative estimate of drug-likeness (QED) is 0.652. The summed E-state index contributed by atoms with van der Waals surface area (Å²) in [6, 6.07) is 18.5. The predicted octanol–water partition coefficient (Wildman–Crippen LogP) is 5.30.